The quantitative estimate of drug-likeness (QED) is 0.786. The number of unbranched alkanes of at least 4 members (excludes halogenated alkanes) is 1. The minimum Gasteiger partial charge on any atom is -0.360 e. The van der Waals surface area contributed by atoms with E-state index in [1.54, 1.807) is 0 Å². The van der Waals surface area contributed by atoms with Crippen molar-refractivity contribution in [1.29, 1.82) is 0 Å². The number of carbonyl (C=O) groups is 1. The van der Waals surface area contributed by atoms with E-state index in [0.717, 1.165) is 44.0 Å². The number of carbonyl (C=O) groups excluding carboxylic acids is 1. The summed E-state index contributed by atoms with van der Waals surface area (Å²) in [6.45, 7) is 6.23. The number of halogens is 1. The van der Waals surface area contributed by atoms with Gasteiger partial charge in [0.1, 0.15) is 5.82 Å². The molecule has 0 atom stereocenters. The van der Waals surface area contributed by atoms with Crippen molar-refractivity contribution >= 4 is 17.3 Å². The third-order valence-corrected chi connectivity index (χ3v) is 5.13. The van der Waals surface area contributed by atoms with Crippen molar-refractivity contribution in [2.24, 2.45) is 0 Å². The summed E-state index contributed by atoms with van der Waals surface area (Å²) in [6, 6.07) is 14.8. The number of anilines is 2. The first kappa shape index (κ1) is 19.4. The average molecular weight is 370 g/mol. The Labute approximate surface area is 161 Å². The average Bonchev–Trinajstić information content (AvgIpc) is 2.69. The number of hydrogen-bond acceptors (Lipinski definition) is 2. The van der Waals surface area contributed by atoms with Crippen LogP contribution < -0.4 is 15.1 Å². The lowest BCUT2D eigenvalue weighted by Crippen LogP contribution is -3.15. The Bertz CT molecular complexity index is 722. The summed E-state index contributed by atoms with van der Waals surface area (Å²) in [5.41, 5.74) is 3.23. The smallest absolute Gasteiger partial charge is 0.279 e. The zero-order chi connectivity index (χ0) is 19.1. The summed E-state index contributed by atoms with van der Waals surface area (Å²) in [6.07, 6.45) is 3.47. The minimum absolute atomic E-state index is 0.0570. The van der Waals surface area contributed by atoms with Gasteiger partial charge in [0.15, 0.2) is 6.54 Å². The second-order valence-corrected chi connectivity index (χ2v) is 7.24. The van der Waals surface area contributed by atoms with Crippen molar-refractivity contribution in [2.45, 2.75) is 26.2 Å². The lowest BCUT2D eigenvalue weighted by molar-refractivity contribution is -0.892. The van der Waals surface area contributed by atoms with Gasteiger partial charge in [-0.15, -0.1) is 0 Å². The topological polar surface area (TPSA) is 36.8 Å². The van der Waals surface area contributed by atoms with Gasteiger partial charge in [-0.05, 0) is 54.8 Å². The monoisotopic (exact) mass is 370 g/mol. The standard InChI is InChI=1S/C22H28FN3O/c1-2-3-4-18-5-9-20(10-6-18)24-22(27)17-25-13-15-26(16-14-25)21-11-7-19(23)8-12-21/h5-12H,2-4,13-17H2,1H3,(H,24,27)/p+1. The maximum Gasteiger partial charge on any atom is 0.279 e. The molecule has 0 spiro atoms. The fourth-order valence-electron chi connectivity index (χ4n) is 3.48. The molecule has 1 amide bonds. The van der Waals surface area contributed by atoms with Gasteiger partial charge in [-0.1, -0.05) is 25.5 Å². The summed E-state index contributed by atoms with van der Waals surface area (Å²) < 4.78 is 13.0. The molecule has 27 heavy (non-hydrogen) atoms. The Morgan fingerprint density at radius 2 is 1.74 bits per heavy atom. The van der Waals surface area contributed by atoms with Crippen LogP contribution >= 0.6 is 0 Å². The van der Waals surface area contributed by atoms with Crippen LogP contribution in [0.3, 0.4) is 0 Å². The fraction of sp³-hybridized carbons (Fsp3) is 0.409. The Morgan fingerprint density at radius 1 is 1.07 bits per heavy atom. The van der Waals surface area contributed by atoms with Gasteiger partial charge in [0.2, 0.25) is 0 Å². The predicted molar refractivity (Wildman–Crippen MR) is 108 cm³/mol. The van der Waals surface area contributed by atoms with E-state index in [9.17, 15) is 9.18 Å². The molecule has 2 N–H and O–H groups in total. The highest BCUT2D eigenvalue weighted by atomic mass is 19.1. The Hall–Kier alpha value is -2.40. The van der Waals surface area contributed by atoms with Gasteiger partial charge < -0.3 is 15.1 Å². The first-order valence-corrected chi connectivity index (χ1v) is 9.87. The molecule has 0 aromatic heterocycles. The third-order valence-electron chi connectivity index (χ3n) is 5.13. The van der Waals surface area contributed by atoms with E-state index in [2.05, 4.69) is 29.3 Å². The van der Waals surface area contributed by atoms with E-state index in [4.69, 9.17) is 0 Å². The number of benzene rings is 2. The normalized spacial score (nSPS) is 15.0. The van der Waals surface area contributed by atoms with Gasteiger partial charge in [-0.3, -0.25) is 4.79 Å². The van der Waals surface area contributed by atoms with Crippen LogP contribution in [0.1, 0.15) is 25.3 Å². The van der Waals surface area contributed by atoms with Crippen LogP contribution in [0.15, 0.2) is 48.5 Å². The summed E-state index contributed by atoms with van der Waals surface area (Å²) in [7, 11) is 0. The van der Waals surface area contributed by atoms with Crippen LogP contribution in [0.4, 0.5) is 15.8 Å². The van der Waals surface area contributed by atoms with Gasteiger partial charge in [-0.25, -0.2) is 4.39 Å². The molecule has 5 heteroatoms. The van der Waals surface area contributed by atoms with Gasteiger partial charge in [0.05, 0.1) is 26.2 Å². The molecule has 0 unspecified atom stereocenters. The molecule has 1 aliphatic heterocycles. The molecule has 0 radical (unpaired) electrons. The molecule has 1 aliphatic rings. The molecule has 144 valence electrons. The van der Waals surface area contributed by atoms with E-state index in [1.165, 1.54) is 35.4 Å². The molecule has 2 aromatic rings. The lowest BCUT2D eigenvalue weighted by Gasteiger charge is -2.33. The molecule has 1 saturated heterocycles. The molecule has 3 rings (SSSR count). The highest BCUT2D eigenvalue weighted by molar-refractivity contribution is 5.91. The third kappa shape index (κ3) is 5.79. The van der Waals surface area contributed by atoms with Gasteiger partial charge in [-0.2, -0.15) is 0 Å². The summed E-state index contributed by atoms with van der Waals surface area (Å²) >= 11 is 0. The molecule has 1 heterocycles. The van der Waals surface area contributed by atoms with Crippen molar-refractivity contribution in [3.63, 3.8) is 0 Å². The van der Waals surface area contributed by atoms with Gasteiger partial charge in [0, 0.05) is 11.4 Å². The number of aryl methyl sites for hydroxylation is 1. The van der Waals surface area contributed by atoms with E-state index in [1.807, 2.05) is 24.3 Å². The molecule has 1 fully saturated rings. The Balaban J connectivity index is 1.43. The van der Waals surface area contributed by atoms with Crippen molar-refractivity contribution in [3.8, 4) is 0 Å². The highest BCUT2D eigenvalue weighted by Gasteiger charge is 2.22. The number of nitrogens with one attached hydrogen (secondary N) is 2. The number of rotatable bonds is 7. The second-order valence-electron chi connectivity index (χ2n) is 7.24. The minimum atomic E-state index is -0.210. The fourth-order valence-corrected chi connectivity index (χ4v) is 3.48. The molecule has 0 saturated carbocycles. The van der Waals surface area contributed by atoms with Crippen molar-refractivity contribution < 1.29 is 14.1 Å². The molecular formula is C22H29FN3O+. The van der Waals surface area contributed by atoms with Gasteiger partial charge >= 0.3 is 0 Å². The first-order chi connectivity index (χ1) is 13.1. The first-order valence-electron chi connectivity index (χ1n) is 9.87. The number of nitrogens with zero attached hydrogens (tertiary/aromatic N) is 1. The summed E-state index contributed by atoms with van der Waals surface area (Å²) in [4.78, 5) is 15.9. The SMILES string of the molecule is CCCCc1ccc(NC(=O)C[NH+]2CCN(c3ccc(F)cc3)CC2)cc1. The Kier molecular flexibility index (Phi) is 6.82. The maximum absolute atomic E-state index is 13.0. The van der Waals surface area contributed by atoms with Crippen molar-refractivity contribution in [1.82, 2.24) is 0 Å². The number of piperazine rings is 1. The predicted octanol–water partition coefficient (Wildman–Crippen LogP) is 2.51. The molecule has 0 bridgehead atoms. The van der Waals surface area contributed by atoms with Crippen LogP contribution in [0.2, 0.25) is 0 Å². The second kappa shape index (κ2) is 9.51. The van der Waals surface area contributed by atoms with Crippen LogP contribution in [-0.4, -0.2) is 38.6 Å². The van der Waals surface area contributed by atoms with Crippen LogP contribution in [0.25, 0.3) is 0 Å². The van der Waals surface area contributed by atoms with E-state index in [0.29, 0.717) is 6.54 Å². The maximum atomic E-state index is 13.0. The van der Waals surface area contributed by atoms with Crippen LogP contribution in [-0.2, 0) is 11.2 Å². The summed E-state index contributed by atoms with van der Waals surface area (Å²) in [5.74, 6) is -0.153. The van der Waals surface area contributed by atoms with E-state index >= 15 is 0 Å². The van der Waals surface area contributed by atoms with Crippen LogP contribution in [0.5, 0.6) is 0 Å². The molecule has 4 nitrogen and oxygen atoms in total. The highest BCUT2D eigenvalue weighted by Crippen LogP contribution is 2.14. The number of quaternary nitrogens is 1. The molecule has 0 aliphatic carbocycles. The van der Waals surface area contributed by atoms with E-state index < -0.39 is 0 Å². The lowest BCUT2D eigenvalue weighted by atomic mass is 10.1. The number of hydrogen-bond donors (Lipinski definition) is 2. The summed E-state index contributed by atoms with van der Waals surface area (Å²) in [5, 5.41) is 3.01. The molecular weight excluding hydrogens is 341 g/mol. The van der Waals surface area contributed by atoms with E-state index in [-0.39, 0.29) is 11.7 Å². The Morgan fingerprint density at radius 3 is 2.37 bits per heavy atom. The van der Waals surface area contributed by atoms with Gasteiger partial charge in [0.25, 0.3) is 5.91 Å². The van der Waals surface area contributed by atoms with Crippen molar-refractivity contribution in [3.05, 3.63) is 59.9 Å². The zero-order valence-corrected chi connectivity index (χ0v) is 16.0. The largest absolute Gasteiger partial charge is 0.360 e. The van der Waals surface area contributed by atoms with Crippen LogP contribution in [0, 0.1) is 5.82 Å². The van der Waals surface area contributed by atoms with Crippen molar-refractivity contribution in [2.75, 3.05) is 42.9 Å². The number of amides is 1. The molecule has 2 aromatic carbocycles. The zero-order valence-electron chi connectivity index (χ0n) is 16.0.